The Balaban J connectivity index is 4.22. The Morgan fingerprint density at radius 1 is 0.500 bits per heavy atom. The number of ether oxygens (including phenoxy) is 2. The standard InChI is InChI=1S/C50H98NO8P/c1-6-8-10-12-14-16-18-20-22-24-25-27-28-30-32-34-36-38-40-42-49(52)56-46-48(47-58-60(54,55)57-45-44-51(3,4)5)59-50(53)43-41-39-37-35-33-31-29-26-23-21-19-17-15-13-11-9-7-2/h17,19,48H,6-16,18,20-47H2,1-5H3/p+1/b19-17+/t48-/m1/s1. The van der Waals surface area contributed by atoms with Gasteiger partial charge in [-0.3, -0.25) is 18.6 Å². The molecule has 0 amide bonds. The maximum atomic E-state index is 12.7. The van der Waals surface area contributed by atoms with E-state index in [4.69, 9.17) is 18.5 Å². The summed E-state index contributed by atoms with van der Waals surface area (Å²) in [5.41, 5.74) is 0. The lowest BCUT2D eigenvalue weighted by Gasteiger charge is -2.24. The quantitative estimate of drug-likeness (QED) is 0.0212. The van der Waals surface area contributed by atoms with Crippen molar-refractivity contribution < 1.29 is 42.1 Å². The first kappa shape index (κ1) is 58.8. The van der Waals surface area contributed by atoms with Crippen LogP contribution in [0.25, 0.3) is 0 Å². The minimum absolute atomic E-state index is 0.0348. The van der Waals surface area contributed by atoms with Gasteiger partial charge in [0, 0.05) is 12.8 Å². The van der Waals surface area contributed by atoms with E-state index in [2.05, 4.69) is 26.0 Å². The molecule has 0 rings (SSSR count). The van der Waals surface area contributed by atoms with Crippen LogP contribution in [0.15, 0.2) is 12.2 Å². The minimum atomic E-state index is -4.37. The molecule has 60 heavy (non-hydrogen) atoms. The summed E-state index contributed by atoms with van der Waals surface area (Å²) in [6, 6.07) is 0. The molecule has 1 N–H and O–H groups in total. The number of phosphoric acid groups is 1. The zero-order valence-electron chi connectivity index (χ0n) is 40.2. The molecule has 0 aromatic rings. The maximum Gasteiger partial charge on any atom is 0.472 e. The summed E-state index contributed by atoms with van der Waals surface area (Å²) in [4.78, 5) is 35.5. The van der Waals surface area contributed by atoms with Gasteiger partial charge in [-0.1, -0.05) is 206 Å². The number of carbonyl (C=O) groups is 2. The zero-order chi connectivity index (χ0) is 44.3. The number of carbonyl (C=O) groups excluding carboxylic acids is 2. The number of esters is 2. The van der Waals surface area contributed by atoms with Gasteiger partial charge in [0.2, 0.25) is 0 Å². The predicted molar refractivity (Wildman–Crippen MR) is 252 cm³/mol. The van der Waals surface area contributed by atoms with Gasteiger partial charge in [0.05, 0.1) is 27.7 Å². The van der Waals surface area contributed by atoms with Crippen molar-refractivity contribution in [2.45, 2.75) is 251 Å². The smallest absolute Gasteiger partial charge is 0.462 e. The molecule has 0 aliphatic carbocycles. The lowest BCUT2D eigenvalue weighted by atomic mass is 10.0. The van der Waals surface area contributed by atoms with Gasteiger partial charge in [-0.15, -0.1) is 0 Å². The molecule has 1 unspecified atom stereocenters. The monoisotopic (exact) mass is 873 g/mol. The number of rotatable bonds is 47. The third-order valence-corrected chi connectivity index (χ3v) is 12.3. The Hall–Kier alpha value is -1.25. The van der Waals surface area contributed by atoms with E-state index in [1.54, 1.807) is 0 Å². The third kappa shape index (κ3) is 46.3. The van der Waals surface area contributed by atoms with Crippen molar-refractivity contribution in [2.75, 3.05) is 47.5 Å². The number of likely N-dealkylation sites (N-methyl/N-ethyl adjacent to an activating group) is 1. The molecule has 0 aliphatic rings. The molecule has 0 saturated carbocycles. The van der Waals surface area contributed by atoms with Crippen molar-refractivity contribution in [2.24, 2.45) is 0 Å². The summed E-state index contributed by atoms with van der Waals surface area (Å²) in [6.45, 7) is 4.46. The lowest BCUT2D eigenvalue weighted by Crippen LogP contribution is -2.37. The van der Waals surface area contributed by atoms with Crippen LogP contribution in [-0.4, -0.2) is 74.9 Å². The van der Waals surface area contributed by atoms with Crippen LogP contribution in [0.1, 0.15) is 245 Å². The maximum absolute atomic E-state index is 12.7. The number of hydrogen-bond acceptors (Lipinski definition) is 7. The molecule has 0 aliphatic heterocycles. The Morgan fingerprint density at radius 2 is 0.850 bits per heavy atom. The Kier molecular flexibility index (Phi) is 42.1. The highest BCUT2D eigenvalue weighted by molar-refractivity contribution is 7.47. The second-order valence-electron chi connectivity index (χ2n) is 18.6. The second kappa shape index (κ2) is 43.0. The van der Waals surface area contributed by atoms with E-state index in [1.165, 1.54) is 180 Å². The van der Waals surface area contributed by atoms with Crippen molar-refractivity contribution in [1.29, 1.82) is 0 Å². The normalized spacial score (nSPS) is 13.5. The van der Waals surface area contributed by atoms with E-state index in [9.17, 15) is 19.0 Å². The van der Waals surface area contributed by atoms with Gasteiger partial charge in [0.1, 0.15) is 19.8 Å². The van der Waals surface area contributed by atoms with E-state index < -0.39 is 26.5 Å². The molecule has 10 heteroatoms. The Bertz CT molecular complexity index is 1030. The fourth-order valence-electron chi connectivity index (χ4n) is 7.31. The van der Waals surface area contributed by atoms with Gasteiger partial charge in [0.25, 0.3) is 0 Å². The van der Waals surface area contributed by atoms with Gasteiger partial charge in [0.15, 0.2) is 6.10 Å². The lowest BCUT2D eigenvalue weighted by molar-refractivity contribution is -0.870. The minimum Gasteiger partial charge on any atom is -0.462 e. The molecule has 356 valence electrons. The number of quaternary nitrogens is 1. The molecule has 0 radical (unpaired) electrons. The van der Waals surface area contributed by atoms with Gasteiger partial charge >= 0.3 is 19.8 Å². The predicted octanol–water partition coefficient (Wildman–Crippen LogP) is 14.9. The first-order chi connectivity index (χ1) is 29.0. The largest absolute Gasteiger partial charge is 0.472 e. The molecule has 9 nitrogen and oxygen atoms in total. The fourth-order valence-corrected chi connectivity index (χ4v) is 8.05. The SMILES string of the molecule is CCCCCC/C=C/CCCCCCCCCCCC(=O)O[C@H](COC(=O)CCCCCCCCCCCCCCCCCCCCC)COP(=O)(O)OCC[N+](C)(C)C. The molecular formula is C50H99NO8P+. The van der Waals surface area contributed by atoms with Crippen LogP contribution in [0.4, 0.5) is 0 Å². The van der Waals surface area contributed by atoms with Gasteiger partial charge < -0.3 is 18.9 Å². The van der Waals surface area contributed by atoms with E-state index >= 15 is 0 Å². The summed E-state index contributed by atoms with van der Waals surface area (Å²) in [5.74, 6) is -0.786. The van der Waals surface area contributed by atoms with Crippen molar-refractivity contribution >= 4 is 19.8 Å². The molecule has 0 spiro atoms. The van der Waals surface area contributed by atoms with Gasteiger partial charge in [-0.25, -0.2) is 4.57 Å². The average molecular weight is 873 g/mol. The Morgan fingerprint density at radius 3 is 1.25 bits per heavy atom. The van der Waals surface area contributed by atoms with Crippen molar-refractivity contribution in [1.82, 2.24) is 0 Å². The van der Waals surface area contributed by atoms with Crippen LogP contribution in [0.2, 0.25) is 0 Å². The molecule has 0 heterocycles. The molecule has 0 bridgehead atoms. The van der Waals surface area contributed by atoms with E-state index in [0.29, 0.717) is 23.9 Å². The second-order valence-corrected chi connectivity index (χ2v) is 20.0. The number of hydrogen-bond donors (Lipinski definition) is 1. The van der Waals surface area contributed by atoms with E-state index in [-0.39, 0.29) is 25.6 Å². The van der Waals surface area contributed by atoms with Gasteiger partial charge in [-0.2, -0.15) is 0 Å². The molecule has 0 aromatic carbocycles. The fraction of sp³-hybridized carbons (Fsp3) is 0.920. The van der Waals surface area contributed by atoms with Gasteiger partial charge in [-0.05, 0) is 38.5 Å². The van der Waals surface area contributed by atoms with Crippen molar-refractivity contribution in [3.8, 4) is 0 Å². The van der Waals surface area contributed by atoms with Crippen LogP contribution in [0.5, 0.6) is 0 Å². The molecule has 2 atom stereocenters. The number of unbranched alkanes of at least 4 members (excludes halogenated alkanes) is 31. The summed E-state index contributed by atoms with van der Waals surface area (Å²) >= 11 is 0. The van der Waals surface area contributed by atoms with Crippen molar-refractivity contribution in [3.05, 3.63) is 12.2 Å². The molecule has 0 fully saturated rings. The highest BCUT2D eigenvalue weighted by Crippen LogP contribution is 2.43. The number of allylic oxidation sites excluding steroid dienone is 2. The first-order valence-corrected chi connectivity index (χ1v) is 26.9. The highest BCUT2D eigenvalue weighted by atomic mass is 31.2. The zero-order valence-corrected chi connectivity index (χ0v) is 41.1. The van der Waals surface area contributed by atoms with Crippen LogP contribution < -0.4 is 0 Å². The van der Waals surface area contributed by atoms with Crippen LogP contribution in [-0.2, 0) is 32.7 Å². The average Bonchev–Trinajstić information content (AvgIpc) is 3.20. The highest BCUT2D eigenvalue weighted by Gasteiger charge is 2.27. The Labute approximate surface area is 371 Å². The first-order valence-electron chi connectivity index (χ1n) is 25.4. The third-order valence-electron chi connectivity index (χ3n) is 11.3. The molecule has 0 aromatic heterocycles. The summed E-state index contributed by atoms with van der Waals surface area (Å²) in [7, 11) is 1.49. The van der Waals surface area contributed by atoms with Crippen LogP contribution >= 0.6 is 7.82 Å². The van der Waals surface area contributed by atoms with Crippen LogP contribution in [0.3, 0.4) is 0 Å². The van der Waals surface area contributed by atoms with Crippen LogP contribution in [0, 0.1) is 0 Å². The molecular weight excluding hydrogens is 774 g/mol. The van der Waals surface area contributed by atoms with Crippen molar-refractivity contribution in [3.63, 3.8) is 0 Å². The summed E-state index contributed by atoms with van der Waals surface area (Å²) < 4.78 is 34.5. The van der Waals surface area contributed by atoms with E-state index in [1.807, 2.05) is 21.1 Å². The summed E-state index contributed by atoms with van der Waals surface area (Å²) in [6.07, 6.45) is 46.8. The molecule has 0 saturated heterocycles. The summed E-state index contributed by atoms with van der Waals surface area (Å²) in [5, 5.41) is 0. The topological polar surface area (TPSA) is 108 Å². The number of nitrogens with zero attached hydrogens (tertiary/aromatic N) is 1. The number of phosphoric ester groups is 1. The van der Waals surface area contributed by atoms with E-state index in [0.717, 1.165) is 32.1 Å².